The van der Waals surface area contributed by atoms with Gasteiger partial charge in [-0.1, -0.05) is 13.0 Å². The molecule has 0 heterocycles. The second-order valence-corrected chi connectivity index (χ2v) is 8.04. The fourth-order valence-electron chi connectivity index (χ4n) is 2.99. The van der Waals surface area contributed by atoms with Crippen molar-refractivity contribution in [3.8, 4) is 0 Å². The molecule has 1 aliphatic carbocycles. The minimum atomic E-state index is -3.16. The van der Waals surface area contributed by atoms with Crippen LogP contribution in [0.4, 0.5) is 0 Å². The number of hydrogen-bond donors (Lipinski definition) is 1. The summed E-state index contributed by atoms with van der Waals surface area (Å²) in [6, 6.07) is 5.94. The van der Waals surface area contributed by atoms with Gasteiger partial charge in [-0.15, -0.1) is 0 Å². The molecule has 1 aliphatic rings. The van der Waals surface area contributed by atoms with E-state index in [1.54, 1.807) is 0 Å². The number of sulfonamides is 1. The Labute approximate surface area is 139 Å². The highest BCUT2D eigenvalue weighted by atomic mass is 32.2. The second kappa shape index (κ2) is 7.93. The van der Waals surface area contributed by atoms with Crippen LogP contribution in [-0.2, 0) is 22.9 Å². The maximum Gasteiger partial charge on any atom is 0.251 e. The quantitative estimate of drug-likeness (QED) is 0.773. The lowest BCUT2D eigenvalue weighted by molar-refractivity contribution is 0.0952. The predicted molar refractivity (Wildman–Crippen MR) is 92.1 cm³/mol. The first-order chi connectivity index (χ1) is 10.9. The maximum absolute atomic E-state index is 12.2. The van der Waals surface area contributed by atoms with Gasteiger partial charge in [0.05, 0.1) is 6.26 Å². The minimum absolute atomic E-state index is 0.0826. The Morgan fingerprint density at radius 2 is 1.91 bits per heavy atom. The first-order valence-electron chi connectivity index (χ1n) is 8.27. The van der Waals surface area contributed by atoms with Gasteiger partial charge in [-0.25, -0.2) is 12.7 Å². The van der Waals surface area contributed by atoms with E-state index in [4.69, 9.17) is 0 Å². The highest BCUT2D eigenvalue weighted by Crippen LogP contribution is 2.22. The van der Waals surface area contributed by atoms with Crippen LogP contribution in [0.2, 0.25) is 0 Å². The number of fused-ring (bicyclic) bond motifs is 1. The highest BCUT2D eigenvalue weighted by Gasteiger charge is 2.15. The van der Waals surface area contributed by atoms with Gasteiger partial charge in [0, 0.05) is 25.2 Å². The molecule has 5 nitrogen and oxygen atoms in total. The number of hydrogen-bond acceptors (Lipinski definition) is 3. The Morgan fingerprint density at radius 1 is 1.22 bits per heavy atom. The smallest absolute Gasteiger partial charge is 0.251 e. The number of nitrogens with one attached hydrogen (secondary N) is 1. The molecule has 0 saturated carbocycles. The Kier molecular flexibility index (Phi) is 6.18. The van der Waals surface area contributed by atoms with Gasteiger partial charge in [-0.05, 0) is 55.4 Å². The molecule has 0 fully saturated rings. The molecule has 0 bridgehead atoms. The molecule has 0 aromatic heterocycles. The summed E-state index contributed by atoms with van der Waals surface area (Å²) in [5.41, 5.74) is 3.35. The first kappa shape index (κ1) is 17.9. The monoisotopic (exact) mass is 338 g/mol. The number of benzene rings is 1. The van der Waals surface area contributed by atoms with Crippen molar-refractivity contribution in [1.82, 2.24) is 9.62 Å². The molecular weight excluding hydrogens is 312 g/mol. The van der Waals surface area contributed by atoms with E-state index in [2.05, 4.69) is 11.4 Å². The van der Waals surface area contributed by atoms with E-state index in [9.17, 15) is 13.2 Å². The molecule has 1 aromatic rings. The number of carbonyl (C=O) groups is 1. The van der Waals surface area contributed by atoms with Crippen LogP contribution in [0.5, 0.6) is 0 Å². The van der Waals surface area contributed by atoms with Crippen molar-refractivity contribution in [3.05, 3.63) is 34.9 Å². The largest absolute Gasteiger partial charge is 0.352 e. The fraction of sp³-hybridized carbons (Fsp3) is 0.588. The van der Waals surface area contributed by atoms with Crippen LogP contribution in [0.3, 0.4) is 0 Å². The van der Waals surface area contributed by atoms with Gasteiger partial charge in [0.25, 0.3) is 5.91 Å². The summed E-state index contributed by atoms with van der Waals surface area (Å²) in [4.78, 5) is 12.2. The van der Waals surface area contributed by atoms with E-state index in [-0.39, 0.29) is 5.91 Å². The van der Waals surface area contributed by atoms with Crippen LogP contribution in [-0.4, -0.2) is 44.5 Å². The first-order valence-corrected chi connectivity index (χ1v) is 10.1. The number of aryl methyl sites for hydroxylation is 2. The summed E-state index contributed by atoms with van der Waals surface area (Å²) in [7, 11) is -3.16. The SMILES string of the molecule is CCN(CCCNC(=O)c1ccc2c(c1)CCCC2)S(C)(=O)=O. The van der Waals surface area contributed by atoms with Gasteiger partial charge >= 0.3 is 0 Å². The van der Waals surface area contributed by atoms with Gasteiger partial charge in [0.2, 0.25) is 10.0 Å². The van der Waals surface area contributed by atoms with Crippen LogP contribution < -0.4 is 5.32 Å². The predicted octanol–water partition coefficient (Wildman–Crippen LogP) is 1.97. The van der Waals surface area contributed by atoms with Gasteiger partial charge in [-0.3, -0.25) is 4.79 Å². The lowest BCUT2D eigenvalue weighted by Gasteiger charge is -2.18. The van der Waals surface area contributed by atoms with E-state index < -0.39 is 10.0 Å². The standard InChI is InChI=1S/C17H26N2O3S/c1-3-19(23(2,21)22)12-6-11-18-17(20)16-10-9-14-7-4-5-8-15(14)13-16/h9-10,13H,3-8,11-12H2,1-2H3,(H,18,20). The third-order valence-corrected chi connectivity index (χ3v) is 5.68. The molecule has 0 unspecified atom stereocenters. The zero-order valence-electron chi connectivity index (χ0n) is 14.0. The zero-order valence-corrected chi connectivity index (χ0v) is 14.8. The summed E-state index contributed by atoms with van der Waals surface area (Å²) >= 11 is 0. The molecule has 1 amide bonds. The molecule has 1 aromatic carbocycles. The van der Waals surface area contributed by atoms with Gasteiger partial charge in [0.1, 0.15) is 0 Å². The van der Waals surface area contributed by atoms with E-state index in [1.807, 2.05) is 19.1 Å². The van der Waals surface area contributed by atoms with Crippen molar-refractivity contribution < 1.29 is 13.2 Å². The molecule has 0 atom stereocenters. The number of amides is 1. The third kappa shape index (κ3) is 5.04. The number of nitrogens with zero attached hydrogens (tertiary/aromatic N) is 1. The molecule has 1 N–H and O–H groups in total. The molecule has 0 aliphatic heterocycles. The van der Waals surface area contributed by atoms with E-state index in [0.717, 1.165) is 12.8 Å². The van der Waals surface area contributed by atoms with Crippen LogP contribution in [0.1, 0.15) is 47.7 Å². The molecule has 6 heteroatoms. The summed E-state index contributed by atoms with van der Waals surface area (Å²) in [6.45, 7) is 3.17. The Morgan fingerprint density at radius 3 is 2.57 bits per heavy atom. The summed E-state index contributed by atoms with van der Waals surface area (Å²) in [6.07, 6.45) is 6.40. The Hall–Kier alpha value is -1.40. The normalized spacial score (nSPS) is 14.6. The summed E-state index contributed by atoms with van der Waals surface area (Å²) < 4.78 is 24.4. The van der Waals surface area contributed by atoms with E-state index in [0.29, 0.717) is 31.6 Å². The van der Waals surface area contributed by atoms with Crippen LogP contribution in [0.25, 0.3) is 0 Å². The summed E-state index contributed by atoms with van der Waals surface area (Å²) in [5.74, 6) is -0.0826. The molecule has 2 rings (SSSR count). The molecule has 0 spiro atoms. The molecule has 128 valence electrons. The van der Waals surface area contributed by atoms with Gasteiger partial charge < -0.3 is 5.32 Å². The second-order valence-electron chi connectivity index (χ2n) is 6.05. The summed E-state index contributed by atoms with van der Waals surface area (Å²) in [5, 5.41) is 2.88. The van der Waals surface area contributed by atoms with Crippen LogP contribution in [0.15, 0.2) is 18.2 Å². The number of rotatable bonds is 7. The molecular formula is C17H26N2O3S. The van der Waals surface area contributed by atoms with Crippen molar-refractivity contribution in [2.75, 3.05) is 25.9 Å². The molecule has 0 radical (unpaired) electrons. The van der Waals surface area contributed by atoms with E-state index >= 15 is 0 Å². The van der Waals surface area contributed by atoms with Crippen LogP contribution in [0, 0.1) is 0 Å². The van der Waals surface area contributed by atoms with Crippen molar-refractivity contribution >= 4 is 15.9 Å². The van der Waals surface area contributed by atoms with Crippen molar-refractivity contribution in [2.45, 2.75) is 39.0 Å². The lowest BCUT2D eigenvalue weighted by atomic mass is 9.90. The van der Waals surface area contributed by atoms with Gasteiger partial charge in [-0.2, -0.15) is 0 Å². The fourth-order valence-corrected chi connectivity index (χ4v) is 3.92. The topological polar surface area (TPSA) is 66.5 Å². The average molecular weight is 338 g/mol. The molecule has 0 saturated heterocycles. The highest BCUT2D eigenvalue weighted by molar-refractivity contribution is 7.88. The van der Waals surface area contributed by atoms with Crippen LogP contribution >= 0.6 is 0 Å². The van der Waals surface area contributed by atoms with Crippen molar-refractivity contribution in [3.63, 3.8) is 0 Å². The van der Waals surface area contributed by atoms with Gasteiger partial charge in [0.15, 0.2) is 0 Å². The average Bonchev–Trinajstić information content (AvgIpc) is 2.53. The minimum Gasteiger partial charge on any atom is -0.352 e. The van der Waals surface area contributed by atoms with Crippen molar-refractivity contribution in [2.24, 2.45) is 0 Å². The van der Waals surface area contributed by atoms with Crippen molar-refractivity contribution in [1.29, 1.82) is 0 Å². The maximum atomic E-state index is 12.2. The lowest BCUT2D eigenvalue weighted by Crippen LogP contribution is -2.33. The third-order valence-electron chi connectivity index (χ3n) is 4.30. The zero-order chi connectivity index (χ0) is 16.9. The Bertz CT molecular complexity index is 656. The van der Waals surface area contributed by atoms with E-state index in [1.165, 1.54) is 34.5 Å². The molecule has 23 heavy (non-hydrogen) atoms. The Balaban J connectivity index is 1.83. The number of carbonyl (C=O) groups excluding carboxylic acids is 1.